The van der Waals surface area contributed by atoms with Crippen molar-refractivity contribution in [2.45, 2.75) is 6.92 Å². The summed E-state index contributed by atoms with van der Waals surface area (Å²) in [6.07, 6.45) is 0. The number of carbonyl (C=O) groups excluding carboxylic acids is 1. The van der Waals surface area contributed by atoms with Gasteiger partial charge in [-0.3, -0.25) is 9.89 Å². The molecule has 1 aromatic heterocycles. The predicted octanol–water partition coefficient (Wildman–Crippen LogP) is 2.27. The molecule has 0 fully saturated rings. The normalized spacial score (nSPS) is 10.3. The Kier molecular flexibility index (Phi) is 3.19. The molecule has 0 unspecified atom stereocenters. The second kappa shape index (κ2) is 4.62. The number of amides is 1. The standard InChI is InChI=1S/C10H8BrFN4O/c1-5-13-9(16-15-5)10(17)14-8-3-2-6(11)4-7(8)12/h2-4H,1H3,(H,14,17)(H,13,15,16). The highest BCUT2D eigenvalue weighted by molar-refractivity contribution is 9.10. The zero-order valence-electron chi connectivity index (χ0n) is 8.79. The van der Waals surface area contributed by atoms with E-state index in [2.05, 4.69) is 36.4 Å². The van der Waals surface area contributed by atoms with Crippen molar-refractivity contribution in [1.29, 1.82) is 0 Å². The van der Waals surface area contributed by atoms with Crippen LogP contribution in [0, 0.1) is 12.7 Å². The average Bonchev–Trinajstić information content (AvgIpc) is 2.69. The van der Waals surface area contributed by atoms with E-state index in [1.54, 1.807) is 13.0 Å². The summed E-state index contributed by atoms with van der Waals surface area (Å²) in [6.45, 7) is 1.67. The molecule has 0 radical (unpaired) electrons. The summed E-state index contributed by atoms with van der Waals surface area (Å²) < 4.78 is 14.0. The lowest BCUT2D eigenvalue weighted by Crippen LogP contribution is -2.14. The number of aryl methyl sites for hydroxylation is 1. The number of aromatic amines is 1. The van der Waals surface area contributed by atoms with E-state index >= 15 is 0 Å². The predicted molar refractivity (Wildman–Crippen MR) is 63.2 cm³/mol. The zero-order chi connectivity index (χ0) is 12.4. The molecule has 0 aliphatic carbocycles. The fraction of sp³-hybridized carbons (Fsp3) is 0.100. The van der Waals surface area contributed by atoms with Crippen LogP contribution < -0.4 is 5.32 Å². The van der Waals surface area contributed by atoms with Crippen LogP contribution in [0.15, 0.2) is 22.7 Å². The third-order valence-electron chi connectivity index (χ3n) is 1.98. The van der Waals surface area contributed by atoms with Crippen molar-refractivity contribution in [3.63, 3.8) is 0 Å². The van der Waals surface area contributed by atoms with Gasteiger partial charge >= 0.3 is 0 Å². The maximum atomic E-state index is 13.4. The van der Waals surface area contributed by atoms with E-state index in [1.165, 1.54) is 12.1 Å². The second-order valence-electron chi connectivity index (χ2n) is 3.32. The minimum atomic E-state index is -0.560. The van der Waals surface area contributed by atoms with Crippen LogP contribution >= 0.6 is 15.9 Å². The van der Waals surface area contributed by atoms with Crippen molar-refractivity contribution < 1.29 is 9.18 Å². The van der Waals surface area contributed by atoms with E-state index in [0.717, 1.165) is 0 Å². The van der Waals surface area contributed by atoms with Crippen LogP contribution in [-0.2, 0) is 0 Å². The van der Waals surface area contributed by atoms with Crippen molar-refractivity contribution in [3.8, 4) is 0 Å². The molecule has 0 saturated heterocycles. The Morgan fingerprint density at radius 2 is 2.29 bits per heavy atom. The molecular weight excluding hydrogens is 291 g/mol. The molecule has 0 aliphatic heterocycles. The molecular formula is C10H8BrFN4O. The molecule has 1 aromatic carbocycles. The average molecular weight is 299 g/mol. The summed E-state index contributed by atoms with van der Waals surface area (Å²) in [6, 6.07) is 4.34. The van der Waals surface area contributed by atoms with Gasteiger partial charge in [0.2, 0.25) is 5.82 Å². The zero-order valence-corrected chi connectivity index (χ0v) is 10.4. The van der Waals surface area contributed by atoms with E-state index in [1.807, 2.05) is 0 Å². The molecule has 17 heavy (non-hydrogen) atoms. The van der Waals surface area contributed by atoms with E-state index < -0.39 is 11.7 Å². The largest absolute Gasteiger partial charge is 0.317 e. The Hall–Kier alpha value is -1.76. The van der Waals surface area contributed by atoms with Gasteiger partial charge in [-0.1, -0.05) is 15.9 Å². The fourth-order valence-corrected chi connectivity index (χ4v) is 1.55. The van der Waals surface area contributed by atoms with Crippen LogP contribution in [0.25, 0.3) is 0 Å². The minimum absolute atomic E-state index is 0.0233. The summed E-state index contributed by atoms with van der Waals surface area (Å²) in [5.74, 6) is -0.591. The number of anilines is 1. The third kappa shape index (κ3) is 2.68. The first-order valence-electron chi connectivity index (χ1n) is 4.71. The number of aromatic nitrogens is 3. The van der Waals surface area contributed by atoms with Gasteiger partial charge < -0.3 is 5.32 Å². The third-order valence-corrected chi connectivity index (χ3v) is 2.47. The summed E-state index contributed by atoms with van der Waals surface area (Å²) >= 11 is 3.13. The van der Waals surface area contributed by atoms with Gasteiger partial charge in [-0.2, -0.15) is 0 Å². The lowest BCUT2D eigenvalue weighted by Gasteiger charge is -2.03. The molecule has 2 N–H and O–H groups in total. The minimum Gasteiger partial charge on any atom is -0.317 e. The van der Waals surface area contributed by atoms with Crippen molar-refractivity contribution in [1.82, 2.24) is 15.2 Å². The number of nitrogens with zero attached hydrogens (tertiary/aromatic N) is 2. The highest BCUT2D eigenvalue weighted by Gasteiger charge is 2.13. The molecule has 0 saturated carbocycles. The van der Waals surface area contributed by atoms with E-state index in [-0.39, 0.29) is 11.5 Å². The Morgan fingerprint density at radius 3 is 2.88 bits per heavy atom. The van der Waals surface area contributed by atoms with Crippen LogP contribution in [0.1, 0.15) is 16.4 Å². The van der Waals surface area contributed by atoms with Crippen LogP contribution in [0.3, 0.4) is 0 Å². The lowest BCUT2D eigenvalue weighted by molar-refractivity contribution is 0.101. The maximum absolute atomic E-state index is 13.4. The molecule has 1 heterocycles. The smallest absolute Gasteiger partial charge is 0.295 e. The van der Waals surface area contributed by atoms with Gasteiger partial charge in [0.05, 0.1) is 5.69 Å². The first-order chi connectivity index (χ1) is 8.06. The fourth-order valence-electron chi connectivity index (χ4n) is 1.21. The highest BCUT2D eigenvalue weighted by Crippen LogP contribution is 2.19. The van der Waals surface area contributed by atoms with Crippen LogP contribution in [0.2, 0.25) is 0 Å². The summed E-state index contributed by atoms with van der Waals surface area (Å²) in [7, 11) is 0. The van der Waals surface area contributed by atoms with Gasteiger partial charge in [-0.05, 0) is 25.1 Å². The molecule has 5 nitrogen and oxygen atoms in total. The Bertz CT molecular complexity index is 569. The number of halogens is 2. The molecule has 2 rings (SSSR count). The number of carbonyl (C=O) groups is 1. The lowest BCUT2D eigenvalue weighted by atomic mass is 10.3. The first-order valence-corrected chi connectivity index (χ1v) is 5.51. The van der Waals surface area contributed by atoms with Crippen LogP contribution in [-0.4, -0.2) is 21.1 Å². The number of nitrogens with one attached hydrogen (secondary N) is 2. The Labute approximate surface area is 105 Å². The van der Waals surface area contributed by atoms with Crippen molar-refractivity contribution in [2.75, 3.05) is 5.32 Å². The number of hydrogen-bond donors (Lipinski definition) is 2. The molecule has 2 aromatic rings. The number of H-pyrrole nitrogens is 1. The summed E-state index contributed by atoms with van der Waals surface area (Å²) in [5.41, 5.74) is 0.0839. The van der Waals surface area contributed by atoms with Gasteiger partial charge in [-0.25, -0.2) is 9.37 Å². The maximum Gasteiger partial charge on any atom is 0.295 e. The van der Waals surface area contributed by atoms with E-state index in [4.69, 9.17) is 0 Å². The van der Waals surface area contributed by atoms with Gasteiger partial charge in [0.25, 0.3) is 5.91 Å². The molecule has 0 bridgehead atoms. The van der Waals surface area contributed by atoms with Gasteiger partial charge in [0.15, 0.2) is 0 Å². The SMILES string of the molecule is Cc1nc(C(=O)Nc2ccc(Br)cc2F)n[nH]1. The number of benzene rings is 1. The van der Waals surface area contributed by atoms with E-state index in [9.17, 15) is 9.18 Å². The van der Waals surface area contributed by atoms with Crippen LogP contribution in [0.5, 0.6) is 0 Å². The Morgan fingerprint density at radius 1 is 1.53 bits per heavy atom. The second-order valence-corrected chi connectivity index (χ2v) is 4.24. The van der Waals surface area contributed by atoms with Gasteiger partial charge in [-0.15, -0.1) is 5.10 Å². The monoisotopic (exact) mass is 298 g/mol. The van der Waals surface area contributed by atoms with Gasteiger partial charge in [0.1, 0.15) is 11.6 Å². The molecule has 0 spiro atoms. The van der Waals surface area contributed by atoms with Gasteiger partial charge in [0, 0.05) is 4.47 Å². The first kappa shape index (κ1) is 11.7. The topological polar surface area (TPSA) is 70.7 Å². The van der Waals surface area contributed by atoms with Crippen LogP contribution in [0.4, 0.5) is 10.1 Å². The molecule has 88 valence electrons. The highest BCUT2D eigenvalue weighted by atomic mass is 79.9. The Balaban J connectivity index is 2.18. The summed E-state index contributed by atoms with van der Waals surface area (Å²) in [4.78, 5) is 15.5. The number of hydrogen-bond acceptors (Lipinski definition) is 3. The molecule has 0 aliphatic rings. The molecule has 7 heteroatoms. The number of rotatable bonds is 2. The van der Waals surface area contributed by atoms with Crippen molar-refractivity contribution in [2.24, 2.45) is 0 Å². The van der Waals surface area contributed by atoms with Crippen molar-refractivity contribution in [3.05, 3.63) is 40.1 Å². The molecule has 0 atom stereocenters. The molecule has 1 amide bonds. The van der Waals surface area contributed by atoms with Crippen molar-refractivity contribution >= 4 is 27.5 Å². The summed E-state index contributed by atoms with van der Waals surface area (Å²) in [5, 5.41) is 8.60. The van der Waals surface area contributed by atoms with E-state index in [0.29, 0.717) is 10.3 Å². The quantitative estimate of drug-likeness (QED) is 0.893.